The molecule has 0 spiro atoms. The lowest BCUT2D eigenvalue weighted by Gasteiger charge is -2.08. The van der Waals surface area contributed by atoms with Gasteiger partial charge in [0.15, 0.2) is 0 Å². The van der Waals surface area contributed by atoms with Gasteiger partial charge in [-0.2, -0.15) is 13.2 Å². The molecule has 0 aromatic heterocycles. The number of alkyl halides is 3. The normalized spacial score (nSPS) is 12.9. The van der Waals surface area contributed by atoms with Crippen molar-refractivity contribution in [1.82, 2.24) is 10.0 Å². The lowest BCUT2D eigenvalue weighted by Crippen LogP contribution is -2.32. The van der Waals surface area contributed by atoms with Gasteiger partial charge in [-0.1, -0.05) is 6.92 Å². The van der Waals surface area contributed by atoms with Gasteiger partial charge in [0.2, 0.25) is 10.0 Å². The van der Waals surface area contributed by atoms with Crippen LogP contribution in [0.4, 0.5) is 13.2 Å². The fraction of sp³-hybridized carbons (Fsp3) is 1.00. The van der Waals surface area contributed by atoms with Crippen LogP contribution in [0.3, 0.4) is 0 Å². The summed E-state index contributed by atoms with van der Waals surface area (Å²) in [5.74, 6) is -0.0554. The van der Waals surface area contributed by atoms with E-state index in [0.29, 0.717) is 13.1 Å². The van der Waals surface area contributed by atoms with E-state index in [-0.39, 0.29) is 25.1 Å². The Balaban J connectivity index is 3.59. The number of rotatable bonds is 9. The van der Waals surface area contributed by atoms with E-state index in [1.165, 1.54) is 0 Å². The maximum Gasteiger partial charge on any atom is 0.389 e. The summed E-state index contributed by atoms with van der Waals surface area (Å²) in [6, 6.07) is 0. The molecule has 0 amide bonds. The number of unbranched alkanes of at least 4 members (excludes halogenated alkanes) is 1. The molecule has 0 bridgehead atoms. The summed E-state index contributed by atoms with van der Waals surface area (Å²) in [5, 5.41) is 2.86. The zero-order chi connectivity index (χ0) is 13.4. The third-order valence-corrected chi connectivity index (χ3v) is 3.39. The van der Waals surface area contributed by atoms with Crippen molar-refractivity contribution in [3.05, 3.63) is 0 Å². The largest absolute Gasteiger partial charge is 0.389 e. The molecule has 0 saturated carbocycles. The summed E-state index contributed by atoms with van der Waals surface area (Å²) in [6.07, 6.45) is -4.89. The van der Waals surface area contributed by atoms with Crippen LogP contribution in [0.25, 0.3) is 0 Å². The van der Waals surface area contributed by atoms with Crippen LogP contribution in [0.15, 0.2) is 0 Å². The summed E-state index contributed by atoms with van der Waals surface area (Å²) >= 11 is 0. The van der Waals surface area contributed by atoms with E-state index in [0.717, 1.165) is 0 Å². The van der Waals surface area contributed by atoms with Crippen LogP contribution >= 0.6 is 0 Å². The summed E-state index contributed by atoms with van der Waals surface area (Å²) in [5.41, 5.74) is 0. The Morgan fingerprint density at radius 1 is 1.12 bits per heavy atom. The summed E-state index contributed by atoms with van der Waals surface area (Å²) in [4.78, 5) is 0. The maximum absolute atomic E-state index is 11.8. The van der Waals surface area contributed by atoms with Gasteiger partial charge in [0, 0.05) is 19.5 Å². The fourth-order valence-electron chi connectivity index (χ4n) is 1.13. The number of halogens is 3. The van der Waals surface area contributed by atoms with Crippen LogP contribution in [0, 0.1) is 0 Å². The monoisotopic (exact) mass is 276 g/mol. The first-order valence-corrected chi connectivity index (χ1v) is 7.17. The van der Waals surface area contributed by atoms with Gasteiger partial charge in [0.05, 0.1) is 5.75 Å². The van der Waals surface area contributed by atoms with Crippen LogP contribution in [0.5, 0.6) is 0 Å². The molecule has 17 heavy (non-hydrogen) atoms. The van der Waals surface area contributed by atoms with Crippen molar-refractivity contribution < 1.29 is 21.6 Å². The van der Waals surface area contributed by atoms with Gasteiger partial charge in [-0.05, 0) is 19.4 Å². The van der Waals surface area contributed by atoms with Crippen molar-refractivity contribution >= 4 is 10.0 Å². The molecule has 8 heteroatoms. The predicted molar refractivity (Wildman–Crippen MR) is 60.2 cm³/mol. The van der Waals surface area contributed by atoms with Crippen molar-refractivity contribution in [3.63, 3.8) is 0 Å². The van der Waals surface area contributed by atoms with Gasteiger partial charge in [0.25, 0.3) is 0 Å². The molecular formula is C9H19F3N2O2S. The van der Waals surface area contributed by atoms with E-state index >= 15 is 0 Å². The molecule has 0 fully saturated rings. The Bertz CT molecular complexity index is 291. The van der Waals surface area contributed by atoms with Gasteiger partial charge in [-0.15, -0.1) is 0 Å². The van der Waals surface area contributed by atoms with Crippen LogP contribution in [-0.2, 0) is 10.0 Å². The molecule has 0 unspecified atom stereocenters. The smallest absolute Gasteiger partial charge is 0.316 e. The summed E-state index contributed by atoms with van der Waals surface area (Å²) in [6.45, 7) is 2.94. The van der Waals surface area contributed by atoms with Crippen LogP contribution in [0.1, 0.15) is 26.2 Å². The number of hydrogen-bond acceptors (Lipinski definition) is 3. The quantitative estimate of drug-likeness (QED) is 0.623. The van der Waals surface area contributed by atoms with Crippen molar-refractivity contribution in [1.29, 1.82) is 0 Å². The fourth-order valence-corrected chi connectivity index (χ4v) is 2.15. The second-order valence-corrected chi connectivity index (χ2v) is 5.57. The van der Waals surface area contributed by atoms with Crippen LogP contribution < -0.4 is 10.0 Å². The first kappa shape index (κ1) is 16.7. The minimum Gasteiger partial charge on any atom is -0.316 e. The Morgan fingerprint density at radius 3 is 2.29 bits per heavy atom. The molecule has 104 valence electrons. The zero-order valence-corrected chi connectivity index (χ0v) is 10.6. The van der Waals surface area contributed by atoms with E-state index in [1.807, 2.05) is 6.92 Å². The average molecular weight is 276 g/mol. The Morgan fingerprint density at radius 2 is 1.76 bits per heavy atom. The summed E-state index contributed by atoms with van der Waals surface area (Å²) in [7, 11) is -3.36. The second-order valence-electron chi connectivity index (χ2n) is 3.64. The molecule has 0 rings (SSSR count). The second kappa shape index (κ2) is 7.88. The minimum absolute atomic E-state index is 0.0554. The molecule has 0 aromatic rings. The zero-order valence-electron chi connectivity index (χ0n) is 9.81. The standard InChI is InChI=1S/C9H19F3N2O2S/c1-2-13-7-8-17(15,16)14-6-4-3-5-9(10,11)12/h13-14H,2-8H2,1H3. The van der Waals surface area contributed by atoms with Gasteiger partial charge < -0.3 is 5.32 Å². The van der Waals surface area contributed by atoms with E-state index in [9.17, 15) is 21.6 Å². The highest BCUT2D eigenvalue weighted by Crippen LogP contribution is 2.21. The lowest BCUT2D eigenvalue weighted by molar-refractivity contribution is -0.135. The van der Waals surface area contributed by atoms with Gasteiger partial charge in [0.1, 0.15) is 0 Å². The first-order chi connectivity index (χ1) is 7.77. The molecular weight excluding hydrogens is 257 g/mol. The van der Waals surface area contributed by atoms with Crippen LogP contribution in [0.2, 0.25) is 0 Å². The minimum atomic E-state index is -4.16. The van der Waals surface area contributed by atoms with Crippen molar-refractivity contribution in [2.45, 2.75) is 32.4 Å². The maximum atomic E-state index is 11.8. The van der Waals surface area contributed by atoms with E-state index in [2.05, 4.69) is 10.0 Å². The lowest BCUT2D eigenvalue weighted by atomic mass is 10.2. The molecule has 0 aliphatic rings. The van der Waals surface area contributed by atoms with Crippen molar-refractivity contribution in [2.75, 3.05) is 25.4 Å². The Labute approximate surface area is 100 Å². The topological polar surface area (TPSA) is 58.2 Å². The molecule has 0 radical (unpaired) electrons. The van der Waals surface area contributed by atoms with E-state index < -0.39 is 22.6 Å². The highest BCUT2D eigenvalue weighted by Gasteiger charge is 2.25. The molecule has 0 heterocycles. The van der Waals surface area contributed by atoms with E-state index in [1.54, 1.807) is 0 Å². The van der Waals surface area contributed by atoms with Gasteiger partial charge >= 0.3 is 6.18 Å². The molecule has 0 aromatic carbocycles. The molecule has 4 nitrogen and oxygen atoms in total. The third kappa shape index (κ3) is 11.9. The number of sulfonamides is 1. The number of hydrogen-bond donors (Lipinski definition) is 2. The highest BCUT2D eigenvalue weighted by molar-refractivity contribution is 7.89. The Kier molecular flexibility index (Phi) is 7.73. The third-order valence-electron chi connectivity index (χ3n) is 2.01. The van der Waals surface area contributed by atoms with E-state index in [4.69, 9.17) is 0 Å². The van der Waals surface area contributed by atoms with Crippen molar-refractivity contribution in [2.24, 2.45) is 0 Å². The average Bonchev–Trinajstić information content (AvgIpc) is 2.15. The number of nitrogens with one attached hydrogen (secondary N) is 2. The molecule has 0 aliphatic heterocycles. The first-order valence-electron chi connectivity index (χ1n) is 5.51. The molecule has 0 aliphatic carbocycles. The molecule has 0 atom stereocenters. The predicted octanol–water partition coefficient (Wildman–Crippen LogP) is 1.25. The molecule has 2 N–H and O–H groups in total. The molecule has 0 saturated heterocycles. The summed E-state index contributed by atoms with van der Waals surface area (Å²) < 4.78 is 60.2. The highest BCUT2D eigenvalue weighted by atomic mass is 32.2. The van der Waals surface area contributed by atoms with Gasteiger partial charge in [-0.3, -0.25) is 0 Å². The van der Waals surface area contributed by atoms with Crippen LogP contribution in [-0.4, -0.2) is 40.0 Å². The SMILES string of the molecule is CCNCCS(=O)(=O)NCCCCC(F)(F)F. The Hall–Kier alpha value is -0.340. The van der Waals surface area contributed by atoms with Crippen molar-refractivity contribution in [3.8, 4) is 0 Å². The van der Waals surface area contributed by atoms with Gasteiger partial charge in [-0.25, -0.2) is 13.1 Å².